The van der Waals surface area contributed by atoms with E-state index in [1.54, 1.807) is 19.1 Å². The summed E-state index contributed by atoms with van der Waals surface area (Å²) >= 11 is 12.2. The van der Waals surface area contributed by atoms with Gasteiger partial charge >= 0.3 is 5.97 Å². The lowest BCUT2D eigenvalue weighted by Crippen LogP contribution is -2.33. The van der Waals surface area contributed by atoms with E-state index < -0.39 is 23.3 Å². The number of esters is 1. The average molecular weight is 412 g/mol. The standard InChI is InChI=1S/C20H20Cl2FNO3/c1-10(2)11-6-7-12(14(23)8-11)13-9-15(21)24-18(22)16(13)17(25)20(3,4)19(26)27-5/h6-9,17,25H,1H2,2-5H3. The number of nitrogens with zero attached hydrogens (tertiary/aromatic N) is 1. The molecular weight excluding hydrogens is 392 g/mol. The number of hydrogen-bond donors (Lipinski definition) is 1. The van der Waals surface area contributed by atoms with Crippen LogP contribution in [0.5, 0.6) is 0 Å². The molecule has 1 atom stereocenters. The minimum Gasteiger partial charge on any atom is -0.469 e. The lowest BCUT2D eigenvalue weighted by atomic mass is 9.80. The van der Waals surface area contributed by atoms with E-state index in [1.807, 2.05) is 0 Å². The Morgan fingerprint density at radius 2 is 1.93 bits per heavy atom. The number of aliphatic hydroxyl groups is 1. The van der Waals surface area contributed by atoms with Crippen LogP contribution in [0.4, 0.5) is 4.39 Å². The number of pyridine rings is 1. The second-order valence-electron chi connectivity index (χ2n) is 6.79. The Kier molecular flexibility index (Phi) is 6.30. The maximum absolute atomic E-state index is 14.8. The topological polar surface area (TPSA) is 59.4 Å². The fourth-order valence-electron chi connectivity index (χ4n) is 2.71. The van der Waals surface area contributed by atoms with E-state index in [0.29, 0.717) is 11.1 Å². The normalized spacial score (nSPS) is 12.6. The van der Waals surface area contributed by atoms with Crippen LogP contribution in [0.3, 0.4) is 0 Å². The Labute approximate surface area is 167 Å². The van der Waals surface area contributed by atoms with E-state index in [2.05, 4.69) is 11.6 Å². The zero-order valence-electron chi connectivity index (χ0n) is 15.4. The van der Waals surface area contributed by atoms with Crippen LogP contribution in [-0.4, -0.2) is 23.2 Å². The van der Waals surface area contributed by atoms with Gasteiger partial charge in [-0.3, -0.25) is 4.79 Å². The highest BCUT2D eigenvalue weighted by Crippen LogP contribution is 2.43. The third-order valence-corrected chi connectivity index (χ3v) is 4.88. The summed E-state index contributed by atoms with van der Waals surface area (Å²) in [5.74, 6) is -1.19. The number of benzene rings is 1. The smallest absolute Gasteiger partial charge is 0.314 e. The van der Waals surface area contributed by atoms with Gasteiger partial charge in [-0.1, -0.05) is 47.5 Å². The molecular formula is C20H20Cl2FNO3. The van der Waals surface area contributed by atoms with E-state index in [-0.39, 0.29) is 27.0 Å². The molecule has 0 amide bonds. The molecule has 4 nitrogen and oxygen atoms in total. The van der Waals surface area contributed by atoms with E-state index in [0.717, 1.165) is 0 Å². The Bertz CT molecular complexity index is 912. The number of aliphatic hydroxyl groups excluding tert-OH is 1. The quantitative estimate of drug-likeness (QED) is 0.523. The highest BCUT2D eigenvalue weighted by atomic mass is 35.5. The van der Waals surface area contributed by atoms with Crippen LogP contribution < -0.4 is 0 Å². The van der Waals surface area contributed by atoms with Crippen LogP contribution in [-0.2, 0) is 9.53 Å². The monoisotopic (exact) mass is 411 g/mol. The van der Waals surface area contributed by atoms with Crippen molar-refractivity contribution >= 4 is 34.7 Å². The molecule has 2 rings (SSSR count). The molecule has 0 radical (unpaired) electrons. The Morgan fingerprint density at radius 3 is 2.44 bits per heavy atom. The van der Waals surface area contributed by atoms with Crippen LogP contribution in [0.1, 0.15) is 38.0 Å². The number of methoxy groups -OCH3 is 1. The molecule has 0 aliphatic heterocycles. The SMILES string of the molecule is C=C(C)c1ccc(-c2cc(Cl)nc(Cl)c2C(O)C(C)(C)C(=O)OC)c(F)c1. The molecule has 1 N–H and O–H groups in total. The van der Waals surface area contributed by atoms with Gasteiger partial charge in [0.05, 0.1) is 18.6 Å². The summed E-state index contributed by atoms with van der Waals surface area (Å²) in [6, 6.07) is 5.98. The summed E-state index contributed by atoms with van der Waals surface area (Å²) < 4.78 is 19.6. The number of carbonyl (C=O) groups excluding carboxylic acids is 1. The van der Waals surface area contributed by atoms with Crippen molar-refractivity contribution in [1.82, 2.24) is 4.98 Å². The van der Waals surface area contributed by atoms with Gasteiger partial charge in [-0.25, -0.2) is 9.37 Å². The van der Waals surface area contributed by atoms with Gasteiger partial charge in [-0.15, -0.1) is 0 Å². The number of rotatable bonds is 5. The maximum atomic E-state index is 14.8. The first kappa shape index (κ1) is 21.4. The summed E-state index contributed by atoms with van der Waals surface area (Å²) in [4.78, 5) is 16.0. The third-order valence-electron chi connectivity index (χ3n) is 4.40. The van der Waals surface area contributed by atoms with E-state index in [4.69, 9.17) is 27.9 Å². The Balaban J connectivity index is 2.72. The first-order valence-electron chi connectivity index (χ1n) is 8.09. The van der Waals surface area contributed by atoms with Gasteiger partial charge in [0.15, 0.2) is 0 Å². The van der Waals surface area contributed by atoms with Crippen LogP contribution in [0.15, 0.2) is 30.8 Å². The number of carbonyl (C=O) groups is 1. The Morgan fingerprint density at radius 1 is 1.30 bits per heavy atom. The molecule has 1 unspecified atom stereocenters. The van der Waals surface area contributed by atoms with Gasteiger partial charge in [0.2, 0.25) is 0 Å². The number of aromatic nitrogens is 1. The van der Waals surface area contributed by atoms with Gasteiger partial charge in [-0.05, 0) is 44.0 Å². The lowest BCUT2D eigenvalue weighted by molar-refractivity contribution is -0.157. The van der Waals surface area contributed by atoms with Gasteiger partial charge in [-0.2, -0.15) is 0 Å². The van der Waals surface area contributed by atoms with Crippen molar-refractivity contribution < 1.29 is 19.0 Å². The molecule has 0 spiro atoms. The van der Waals surface area contributed by atoms with Crippen molar-refractivity contribution in [2.45, 2.75) is 26.9 Å². The zero-order chi connectivity index (χ0) is 20.5. The second kappa shape index (κ2) is 7.97. The molecule has 0 saturated carbocycles. The van der Waals surface area contributed by atoms with E-state index in [9.17, 15) is 14.3 Å². The summed E-state index contributed by atoms with van der Waals surface area (Å²) in [6.45, 7) is 8.56. The molecule has 0 aliphatic carbocycles. The minimum absolute atomic E-state index is 0.0326. The molecule has 144 valence electrons. The van der Waals surface area contributed by atoms with Crippen LogP contribution in [0.25, 0.3) is 16.7 Å². The molecule has 0 saturated heterocycles. The highest BCUT2D eigenvalue weighted by molar-refractivity contribution is 6.33. The van der Waals surface area contributed by atoms with Gasteiger partial charge < -0.3 is 9.84 Å². The molecule has 0 fully saturated rings. The van der Waals surface area contributed by atoms with Crippen molar-refractivity contribution in [2.75, 3.05) is 7.11 Å². The fraction of sp³-hybridized carbons (Fsp3) is 0.300. The average Bonchev–Trinajstić information content (AvgIpc) is 2.59. The minimum atomic E-state index is -1.41. The van der Waals surface area contributed by atoms with Gasteiger partial charge in [0, 0.05) is 11.1 Å². The molecule has 0 aliphatic rings. The van der Waals surface area contributed by atoms with Crippen molar-refractivity contribution in [3.05, 3.63) is 58.1 Å². The first-order valence-corrected chi connectivity index (χ1v) is 8.84. The summed E-state index contributed by atoms with van der Waals surface area (Å²) in [5, 5.41) is 10.8. The summed E-state index contributed by atoms with van der Waals surface area (Å²) in [6.07, 6.45) is -1.41. The second-order valence-corrected chi connectivity index (χ2v) is 7.53. The van der Waals surface area contributed by atoms with Gasteiger partial charge in [0.25, 0.3) is 0 Å². The van der Waals surface area contributed by atoms with Gasteiger partial charge in [0.1, 0.15) is 16.1 Å². The van der Waals surface area contributed by atoms with E-state index >= 15 is 0 Å². The van der Waals surface area contributed by atoms with Crippen LogP contribution >= 0.6 is 23.2 Å². The maximum Gasteiger partial charge on any atom is 0.314 e. The van der Waals surface area contributed by atoms with Crippen LogP contribution in [0, 0.1) is 11.2 Å². The predicted molar refractivity (Wildman–Crippen MR) is 105 cm³/mol. The van der Waals surface area contributed by atoms with Crippen molar-refractivity contribution in [3.63, 3.8) is 0 Å². The number of ether oxygens (including phenoxy) is 1. The number of hydrogen-bond acceptors (Lipinski definition) is 4. The highest BCUT2D eigenvalue weighted by Gasteiger charge is 2.40. The van der Waals surface area contributed by atoms with Crippen molar-refractivity contribution in [3.8, 4) is 11.1 Å². The number of allylic oxidation sites excluding steroid dienone is 1. The third kappa shape index (κ3) is 4.15. The van der Waals surface area contributed by atoms with E-state index in [1.165, 1.54) is 33.1 Å². The Hall–Kier alpha value is -1.95. The van der Waals surface area contributed by atoms with Crippen molar-refractivity contribution in [1.29, 1.82) is 0 Å². The summed E-state index contributed by atoms with van der Waals surface area (Å²) in [5.41, 5.74) is 0.504. The molecule has 1 aromatic heterocycles. The molecule has 2 aromatic rings. The molecule has 27 heavy (non-hydrogen) atoms. The number of halogens is 3. The van der Waals surface area contributed by atoms with Crippen molar-refractivity contribution in [2.24, 2.45) is 5.41 Å². The molecule has 1 aromatic carbocycles. The first-order chi connectivity index (χ1) is 12.5. The zero-order valence-corrected chi connectivity index (χ0v) is 17.0. The van der Waals surface area contributed by atoms with Crippen LogP contribution in [0.2, 0.25) is 10.3 Å². The molecule has 7 heteroatoms. The predicted octanol–water partition coefficient (Wildman–Crippen LogP) is 5.46. The largest absolute Gasteiger partial charge is 0.469 e. The lowest BCUT2D eigenvalue weighted by Gasteiger charge is -2.29. The summed E-state index contributed by atoms with van der Waals surface area (Å²) in [7, 11) is 1.22. The fourth-order valence-corrected chi connectivity index (χ4v) is 3.24. The molecule has 0 bridgehead atoms. The molecule has 1 heterocycles.